The third-order valence-electron chi connectivity index (χ3n) is 4.68. The summed E-state index contributed by atoms with van der Waals surface area (Å²) in [5.41, 5.74) is 3.01. The summed E-state index contributed by atoms with van der Waals surface area (Å²) in [6.45, 7) is 0. The maximum Gasteiger partial charge on any atom is 0.0207 e. The molecule has 0 saturated heterocycles. The van der Waals surface area contributed by atoms with Gasteiger partial charge in [-0.2, -0.15) is 0 Å². The SMILES string of the molecule is C1=CC2=C(CCP(c3ccccc3)c3ccccc3)C=CC2C=C1. The van der Waals surface area contributed by atoms with E-state index in [4.69, 9.17) is 0 Å². The van der Waals surface area contributed by atoms with Crippen molar-refractivity contribution < 1.29 is 0 Å². The second-order valence-corrected chi connectivity index (χ2v) is 8.52. The number of allylic oxidation sites excluding steroid dienone is 8. The van der Waals surface area contributed by atoms with Crippen LogP contribution >= 0.6 is 7.92 Å². The number of rotatable bonds is 5. The Morgan fingerprint density at radius 3 is 2.04 bits per heavy atom. The van der Waals surface area contributed by atoms with Crippen LogP contribution in [0.3, 0.4) is 0 Å². The Hall–Kier alpha value is -2.17. The average molecular weight is 328 g/mol. The summed E-state index contributed by atoms with van der Waals surface area (Å²) in [6.07, 6.45) is 15.9. The summed E-state index contributed by atoms with van der Waals surface area (Å²) < 4.78 is 0. The van der Waals surface area contributed by atoms with Crippen LogP contribution in [0.4, 0.5) is 0 Å². The Morgan fingerprint density at radius 1 is 0.708 bits per heavy atom. The molecule has 0 nitrogen and oxygen atoms in total. The van der Waals surface area contributed by atoms with Crippen LogP contribution in [0.25, 0.3) is 0 Å². The standard InChI is InChI=1S/C23H21P/c1-3-10-21(11-4-1)24(22-12-5-2-6-13-22)18-17-20-16-15-19-9-7-8-14-23(19)20/h1-16,19H,17-18H2. The van der Waals surface area contributed by atoms with Gasteiger partial charge in [-0.3, -0.25) is 0 Å². The summed E-state index contributed by atoms with van der Waals surface area (Å²) in [5, 5.41) is 2.95. The van der Waals surface area contributed by atoms with E-state index in [0.717, 1.165) is 6.42 Å². The molecule has 118 valence electrons. The molecular formula is C23H21P. The van der Waals surface area contributed by atoms with Gasteiger partial charge in [-0.25, -0.2) is 0 Å². The minimum absolute atomic E-state index is 0.302. The van der Waals surface area contributed by atoms with Crippen LogP contribution in [0.5, 0.6) is 0 Å². The summed E-state index contributed by atoms with van der Waals surface area (Å²) in [5.74, 6) is 0.504. The maximum atomic E-state index is 2.34. The zero-order chi connectivity index (χ0) is 16.2. The molecule has 0 aromatic heterocycles. The molecule has 0 saturated carbocycles. The second-order valence-electron chi connectivity index (χ2n) is 6.18. The molecule has 0 amide bonds. The Bertz CT molecular complexity index is 770. The Balaban J connectivity index is 1.58. The van der Waals surface area contributed by atoms with Crippen LogP contribution in [0, 0.1) is 5.92 Å². The van der Waals surface area contributed by atoms with Crippen LogP contribution < -0.4 is 10.6 Å². The number of hydrogen-bond donors (Lipinski definition) is 0. The van der Waals surface area contributed by atoms with Crippen molar-refractivity contribution in [2.75, 3.05) is 6.16 Å². The molecule has 2 aliphatic rings. The first-order chi connectivity index (χ1) is 11.9. The van der Waals surface area contributed by atoms with Gasteiger partial charge in [-0.1, -0.05) is 97.1 Å². The van der Waals surface area contributed by atoms with Crippen molar-refractivity contribution in [3.63, 3.8) is 0 Å². The van der Waals surface area contributed by atoms with Gasteiger partial charge in [-0.05, 0) is 42.3 Å². The van der Waals surface area contributed by atoms with E-state index >= 15 is 0 Å². The molecule has 2 aliphatic carbocycles. The van der Waals surface area contributed by atoms with E-state index < -0.39 is 0 Å². The summed E-state index contributed by atoms with van der Waals surface area (Å²) in [6, 6.07) is 22.0. The molecule has 0 N–H and O–H groups in total. The van der Waals surface area contributed by atoms with Gasteiger partial charge in [0.15, 0.2) is 0 Å². The van der Waals surface area contributed by atoms with Crippen LogP contribution in [0.2, 0.25) is 0 Å². The molecule has 0 bridgehead atoms. The fraction of sp³-hybridized carbons (Fsp3) is 0.130. The molecule has 1 unspecified atom stereocenters. The molecule has 0 radical (unpaired) electrons. The van der Waals surface area contributed by atoms with E-state index in [1.54, 1.807) is 0 Å². The van der Waals surface area contributed by atoms with Crippen LogP contribution in [-0.4, -0.2) is 6.16 Å². The van der Waals surface area contributed by atoms with Gasteiger partial charge >= 0.3 is 0 Å². The minimum atomic E-state index is -0.302. The Labute approximate surface area is 145 Å². The minimum Gasteiger partial charge on any atom is -0.0732 e. The molecule has 4 rings (SSSR count). The molecular weight excluding hydrogens is 307 g/mol. The molecule has 2 aromatic carbocycles. The molecule has 1 heteroatoms. The fourth-order valence-electron chi connectivity index (χ4n) is 3.45. The first-order valence-electron chi connectivity index (χ1n) is 8.55. The number of benzene rings is 2. The molecule has 0 aliphatic heterocycles. The number of hydrogen-bond acceptors (Lipinski definition) is 0. The van der Waals surface area contributed by atoms with Crippen molar-refractivity contribution in [1.82, 2.24) is 0 Å². The highest BCUT2D eigenvalue weighted by Crippen LogP contribution is 2.38. The lowest BCUT2D eigenvalue weighted by Gasteiger charge is -2.19. The van der Waals surface area contributed by atoms with Gasteiger partial charge in [0.1, 0.15) is 0 Å². The molecule has 2 aromatic rings. The van der Waals surface area contributed by atoms with Crippen molar-refractivity contribution in [2.45, 2.75) is 6.42 Å². The van der Waals surface area contributed by atoms with E-state index in [-0.39, 0.29) is 7.92 Å². The average Bonchev–Trinajstić information content (AvgIpc) is 3.07. The highest BCUT2D eigenvalue weighted by molar-refractivity contribution is 7.73. The van der Waals surface area contributed by atoms with Gasteiger partial charge < -0.3 is 0 Å². The van der Waals surface area contributed by atoms with Crippen molar-refractivity contribution >= 4 is 18.5 Å². The molecule has 0 fully saturated rings. The van der Waals surface area contributed by atoms with E-state index in [0.29, 0.717) is 5.92 Å². The van der Waals surface area contributed by atoms with Crippen LogP contribution in [0.1, 0.15) is 6.42 Å². The molecule has 0 heterocycles. The zero-order valence-corrected chi connectivity index (χ0v) is 14.6. The topological polar surface area (TPSA) is 0 Å². The predicted octanol–water partition coefficient (Wildman–Crippen LogP) is 5.12. The highest BCUT2D eigenvalue weighted by Gasteiger charge is 2.19. The van der Waals surface area contributed by atoms with Crippen molar-refractivity contribution in [1.29, 1.82) is 0 Å². The largest absolute Gasteiger partial charge is 0.0732 e. The third-order valence-corrected chi connectivity index (χ3v) is 7.19. The molecule has 1 atom stereocenters. The van der Waals surface area contributed by atoms with Gasteiger partial charge in [-0.15, -0.1) is 0 Å². The van der Waals surface area contributed by atoms with Crippen LogP contribution in [-0.2, 0) is 0 Å². The smallest absolute Gasteiger partial charge is 0.0207 e. The molecule has 0 spiro atoms. The van der Waals surface area contributed by atoms with Crippen LogP contribution in [0.15, 0.2) is 108 Å². The fourth-order valence-corrected chi connectivity index (χ4v) is 5.79. The lowest BCUT2D eigenvalue weighted by atomic mass is 9.95. The molecule has 24 heavy (non-hydrogen) atoms. The highest BCUT2D eigenvalue weighted by atomic mass is 31.1. The van der Waals surface area contributed by atoms with Crippen molar-refractivity contribution in [2.24, 2.45) is 5.92 Å². The van der Waals surface area contributed by atoms with Crippen molar-refractivity contribution in [3.05, 3.63) is 108 Å². The monoisotopic (exact) mass is 328 g/mol. The zero-order valence-electron chi connectivity index (χ0n) is 13.7. The van der Waals surface area contributed by atoms with E-state index in [2.05, 4.69) is 97.1 Å². The second kappa shape index (κ2) is 7.16. The first kappa shape index (κ1) is 15.4. The lowest BCUT2D eigenvalue weighted by molar-refractivity contribution is 0.994. The number of fused-ring (bicyclic) bond motifs is 1. The van der Waals surface area contributed by atoms with E-state index in [9.17, 15) is 0 Å². The summed E-state index contributed by atoms with van der Waals surface area (Å²) >= 11 is 0. The summed E-state index contributed by atoms with van der Waals surface area (Å²) in [4.78, 5) is 0. The predicted molar refractivity (Wildman–Crippen MR) is 106 cm³/mol. The van der Waals surface area contributed by atoms with E-state index in [1.807, 2.05) is 0 Å². The lowest BCUT2D eigenvalue weighted by Crippen LogP contribution is -2.14. The van der Waals surface area contributed by atoms with Gasteiger partial charge in [0, 0.05) is 5.92 Å². The van der Waals surface area contributed by atoms with Gasteiger partial charge in [0.2, 0.25) is 0 Å². The van der Waals surface area contributed by atoms with Crippen molar-refractivity contribution in [3.8, 4) is 0 Å². The normalized spacial score (nSPS) is 18.5. The van der Waals surface area contributed by atoms with Gasteiger partial charge in [0.05, 0.1) is 0 Å². The third kappa shape index (κ3) is 3.21. The summed E-state index contributed by atoms with van der Waals surface area (Å²) in [7, 11) is -0.302. The Morgan fingerprint density at radius 2 is 1.38 bits per heavy atom. The van der Waals surface area contributed by atoms with Gasteiger partial charge in [0.25, 0.3) is 0 Å². The quantitative estimate of drug-likeness (QED) is 0.669. The van der Waals surface area contributed by atoms with E-state index in [1.165, 1.54) is 27.9 Å². The first-order valence-corrected chi connectivity index (χ1v) is 10.1. The maximum absolute atomic E-state index is 2.34. The Kier molecular flexibility index (Phi) is 4.58.